The predicted octanol–water partition coefficient (Wildman–Crippen LogP) is 5.88. The maximum Gasteiger partial charge on any atom is 0.416 e. The molecule has 0 aliphatic carbocycles. The maximum atomic E-state index is 13.3. The smallest absolute Gasteiger partial charge is 0.326 e. The van der Waals surface area contributed by atoms with Gasteiger partial charge in [0.2, 0.25) is 11.8 Å². The molecule has 0 saturated carbocycles. The van der Waals surface area contributed by atoms with Crippen molar-refractivity contribution in [1.29, 1.82) is 0 Å². The number of alkyl halides is 3. The van der Waals surface area contributed by atoms with Crippen LogP contribution in [0.4, 0.5) is 24.5 Å². The van der Waals surface area contributed by atoms with E-state index < -0.39 is 22.9 Å². The predicted molar refractivity (Wildman–Crippen MR) is 134 cm³/mol. The molecule has 0 spiro atoms. The molecule has 2 aromatic carbocycles. The van der Waals surface area contributed by atoms with Crippen molar-refractivity contribution < 1.29 is 22.8 Å². The Morgan fingerprint density at radius 1 is 1.11 bits per heavy atom. The van der Waals surface area contributed by atoms with Gasteiger partial charge in [0.1, 0.15) is 5.25 Å². The average molecular weight is 513 g/mol. The van der Waals surface area contributed by atoms with Crippen molar-refractivity contribution in [1.82, 2.24) is 9.88 Å². The highest BCUT2D eigenvalue weighted by atomic mass is 32.2. The largest absolute Gasteiger partial charge is 0.416 e. The molecular weight excluding hydrogens is 489 g/mol. The van der Waals surface area contributed by atoms with Gasteiger partial charge in [-0.15, -0.1) is 0 Å². The normalized spacial score (nSPS) is 17.0. The van der Waals surface area contributed by atoms with E-state index in [1.807, 2.05) is 38.1 Å². The number of amides is 2. The molecule has 186 valence electrons. The van der Waals surface area contributed by atoms with Crippen LogP contribution in [0.15, 0.2) is 71.9 Å². The van der Waals surface area contributed by atoms with E-state index in [9.17, 15) is 22.8 Å². The number of hydrogen-bond donors (Lipinski definition) is 1. The number of carbonyl (C=O) groups excluding carboxylic acids is 2. The molecule has 1 fully saturated rings. The molecule has 1 N–H and O–H groups in total. The number of nitrogens with zero attached hydrogens (tertiary/aromatic N) is 3. The Labute approximate surface area is 210 Å². The van der Waals surface area contributed by atoms with E-state index in [1.165, 1.54) is 17.0 Å². The number of aryl methyl sites for hydroxylation is 2. The van der Waals surface area contributed by atoms with E-state index in [-0.39, 0.29) is 24.6 Å². The molecule has 1 saturated heterocycles. The molecule has 2 amide bonds. The molecule has 0 bridgehead atoms. The fraction of sp³-hybridized carbons (Fsp3) is 0.231. The first-order valence-corrected chi connectivity index (χ1v) is 12.0. The van der Waals surface area contributed by atoms with Gasteiger partial charge in [0.25, 0.3) is 0 Å². The highest BCUT2D eigenvalue weighted by Gasteiger charge is 2.39. The zero-order chi connectivity index (χ0) is 25.9. The summed E-state index contributed by atoms with van der Waals surface area (Å²) in [4.78, 5) is 36.4. The summed E-state index contributed by atoms with van der Waals surface area (Å²) in [6, 6.07) is 15.6. The summed E-state index contributed by atoms with van der Waals surface area (Å²) in [6.45, 7) is 4.09. The number of benzene rings is 2. The van der Waals surface area contributed by atoms with Crippen LogP contribution in [0.25, 0.3) is 0 Å². The number of anilines is 1. The first-order chi connectivity index (χ1) is 17.1. The Balaban J connectivity index is 1.55. The Kier molecular flexibility index (Phi) is 7.44. The number of hydrogen-bond acceptors (Lipinski definition) is 5. The maximum absolute atomic E-state index is 13.3. The van der Waals surface area contributed by atoms with Gasteiger partial charge in [-0.1, -0.05) is 41.6 Å². The van der Waals surface area contributed by atoms with Crippen LogP contribution in [0.5, 0.6) is 0 Å². The van der Waals surface area contributed by atoms with Crippen LogP contribution in [-0.4, -0.2) is 32.1 Å². The van der Waals surface area contributed by atoms with Gasteiger partial charge in [0, 0.05) is 18.3 Å². The van der Waals surface area contributed by atoms with Crippen molar-refractivity contribution in [2.24, 2.45) is 4.99 Å². The third kappa shape index (κ3) is 6.12. The minimum absolute atomic E-state index is 0.0137. The van der Waals surface area contributed by atoms with Crippen LogP contribution in [-0.2, 0) is 22.3 Å². The molecule has 0 radical (unpaired) electrons. The molecule has 10 heteroatoms. The van der Waals surface area contributed by atoms with Gasteiger partial charge in [-0.3, -0.25) is 19.5 Å². The van der Waals surface area contributed by atoms with Crippen LogP contribution in [0, 0.1) is 13.8 Å². The number of amidine groups is 1. The number of pyridine rings is 1. The highest BCUT2D eigenvalue weighted by molar-refractivity contribution is 8.15. The molecule has 2 heterocycles. The lowest BCUT2D eigenvalue weighted by molar-refractivity contribution is -0.137. The molecule has 1 aliphatic heterocycles. The van der Waals surface area contributed by atoms with Crippen molar-refractivity contribution in [3.05, 3.63) is 89.2 Å². The summed E-state index contributed by atoms with van der Waals surface area (Å²) in [5.41, 5.74) is 2.54. The van der Waals surface area contributed by atoms with E-state index in [2.05, 4.69) is 10.3 Å². The number of aliphatic imine (C=N–C) groups is 1. The zero-order valence-electron chi connectivity index (χ0n) is 19.5. The first kappa shape index (κ1) is 25.4. The summed E-state index contributed by atoms with van der Waals surface area (Å²) in [5, 5.41) is 2.14. The molecule has 36 heavy (non-hydrogen) atoms. The van der Waals surface area contributed by atoms with Crippen molar-refractivity contribution in [2.75, 3.05) is 5.32 Å². The summed E-state index contributed by atoms with van der Waals surface area (Å²) in [5.74, 6) is -0.876. The molecule has 3 aromatic rings. The number of aromatic nitrogens is 1. The Hall–Kier alpha value is -3.66. The van der Waals surface area contributed by atoms with Crippen molar-refractivity contribution in [3.63, 3.8) is 0 Å². The summed E-state index contributed by atoms with van der Waals surface area (Å²) >= 11 is 1.16. The highest BCUT2D eigenvalue weighted by Crippen LogP contribution is 2.34. The summed E-state index contributed by atoms with van der Waals surface area (Å²) < 4.78 is 39.0. The van der Waals surface area contributed by atoms with E-state index in [4.69, 9.17) is 4.99 Å². The van der Waals surface area contributed by atoms with Crippen LogP contribution in [0.3, 0.4) is 0 Å². The Bertz CT molecular complexity index is 1310. The van der Waals surface area contributed by atoms with Gasteiger partial charge in [-0.2, -0.15) is 13.2 Å². The van der Waals surface area contributed by atoms with Gasteiger partial charge >= 0.3 is 6.18 Å². The Morgan fingerprint density at radius 3 is 2.61 bits per heavy atom. The van der Waals surface area contributed by atoms with Crippen molar-refractivity contribution >= 4 is 40.1 Å². The van der Waals surface area contributed by atoms with Gasteiger partial charge in [-0.05, 0) is 55.8 Å². The minimum atomic E-state index is -4.52. The summed E-state index contributed by atoms with van der Waals surface area (Å²) in [6.07, 6.45) is -3.11. The number of halogens is 3. The number of thioether (sulfide) groups is 1. The Morgan fingerprint density at radius 2 is 1.92 bits per heavy atom. The zero-order valence-corrected chi connectivity index (χ0v) is 20.4. The fourth-order valence-electron chi connectivity index (χ4n) is 3.71. The molecule has 4 rings (SSSR count). The van der Waals surface area contributed by atoms with E-state index in [0.717, 1.165) is 35.0 Å². The monoisotopic (exact) mass is 512 g/mol. The van der Waals surface area contributed by atoms with Crippen LogP contribution >= 0.6 is 11.8 Å². The van der Waals surface area contributed by atoms with Crippen molar-refractivity contribution in [2.45, 2.75) is 38.2 Å². The molecule has 6 nitrogen and oxygen atoms in total. The van der Waals surface area contributed by atoms with Crippen molar-refractivity contribution in [3.8, 4) is 0 Å². The average Bonchev–Trinajstić information content (AvgIpc) is 3.10. The second kappa shape index (κ2) is 10.5. The molecule has 1 atom stereocenters. The lowest BCUT2D eigenvalue weighted by atomic mass is 10.1. The molecular formula is C26H23F3N4O2S. The fourth-order valence-corrected chi connectivity index (χ4v) is 4.86. The standard InChI is InChI=1S/C26H23F3N4O2S/c1-16-9-10-21(17(2)12-16)32-25-33(15-20-7-3-4-11-30-20)24(35)22(36-25)14-23(34)31-19-8-5-6-18(13-19)26(27,28)29/h3-13,22H,14-15H2,1-2H3,(H,31,34)/t22-/m0/s1. The van der Waals surface area contributed by atoms with Gasteiger partial charge in [-0.25, -0.2) is 4.99 Å². The lowest BCUT2D eigenvalue weighted by Crippen LogP contribution is -2.33. The lowest BCUT2D eigenvalue weighted by Gasteiger charge is -2.16. The molecule has 0 unspecified atom stereocenters. The topological polar surface area (TPSA) is 74.7 Å². The quantitative estimate of drug-likeness (QED) is 0.448. The number of rotatable bonds is 6. The van der Waals surface area contributed by atoms with Crippen LogP contribution < -0.4 is 5.32 Å². The second-order valence-electron chi connectivity index (χ2n) is 8.37. The first-order valence-electron chi connectivity index (χ1n) is 11.1. The SMILES string of the molecule is Cc1ccc(N=C2S[C@@H](CC(=O)Nc3cccc(C(F)(F)F)c3)C(=O)N2Cc2ccccn2)c(C)c1. The van der Waals surface area contributed by atoms with Crippen LogP contribution in [0.1, 0.15) is 28.8 Å². The molecule has 1 aliphatic rings. The summed E-state index contributed by atoms with van der Waals surface area (Å²) in [7, 11) is 0. The van der Waals surface area contributed by atoms with Gasteiger partial charge in [0.05, 0.1) is 23.5 Å². The van der Waals surface area contributed by atoms with E-state index in [0.29, 0.717) is 16.5 Å². The number of nitrogens with one attached hydrogen (secondary N) is 1. The van der Waals surface area contributed by atoms with E-state index in [1.54, 1.807) is 18.3 Å². The number of carbonyl (C=O) groups is 2. The molecule has 1 aromatic heterocycles. The minimum Gasteiger partial charge on any atom is -0.326 e. The van der Waals surface area contributed by atoms with E-state index >= 15 is 0 Å². The van der Waals surface area contributed by atoms with Crippen LogP contribution in [0.2, 0.25) is 0 Å². The third-order valence-electron chi connectivity index (χ3n) is 5.48. The third-order valence-corrected chi connectivity index (χ3v) is 6.65. The van der Waals surface area contributed by atoms with Gasteiger partial charge in [0.15, 0.2) is 5.17 Å². The second-order valence-corrected chi connectivity index (χ2v) is 9.54. The van der Waals surface area contributed by atoms with Gasteiger partial charge < -0.3 is 5.32 Å².